The Hall–Kier alpha value is -3.16. The van der Waals surface area contributed by atoms with Crippen LogP contribution in [0.25, 0.3) is 0 Å². The van der Waals surface area contributed by atoms with E-state index in [9.17, 15) is 9.59 Å². The third kappa shape index (κ3) is 4.93. The largest absolute Gasteiger partial charge is 0.491 e. The third-order valence-electron chi connectivity index (χ3n) is 4.15. The topological polar surface area (TPSA) is 87.7 Å². The van der Waals surface area contributed by atoms with Gasteiger partial charge in [-0.25, -0.2) is 0 Å². The molecule has 0 bridgehead atoms. The van der Waals surface area contributed by atoms with Crippen molar-refractivity contribution in [3.05, 3.63) is 42.1 Å². The van der Waals surface area contributed by atoms with Crippen LogP contribution in [0.2, 0.25) is 0 Å². The van der Waals surface area contributed by atoms with Gasteiger partial charge >= 0.3 is 0 Å². The van der Waals surface area contributed by atoms with E-state index < -0.39 is 0 Å². The number of hydrogen-bond donors (Lipinski definition) is 1. The van der Waals surface area contributed by atoms with E-state index in [0.717, 1.165) is 12.2 Å². The number of aromatic nitrogens is 2. The van der Waals surface area contributed by atoms with Crippen LogP contribution in [0.1, 0.15) is 24.3 Å². The van der Waals surface area contributed by atoms with Crippen molar-refractivity contribution in [2.45, 2.75) is 20.0 Å². The summed E-state index contributed by atoms with van der Waals surface area (Å²) in [6.45, 7) is 6.63. The van der Waals surface area contributed by atoms with Gasteiger partial charge in [-0.1, -0.05) is 0 Å². The summed E-state index contributed by atoms with van der Waals surface area (Å²) in [7, 11) is 0. The van der Waals surface area contributed by atoms with Crippen LogP contribution in [0.5, 0.6) is 5.75 Å². The molecule has 0 aliphatic carbocycles. The molecule has 1 aromatic carbocycles. The number of carbonyl (C=O) groups is 2. The molecule has 0 atom stereocenters. The summed E-state index contributed by atoms with van der Waals surface area (Å²) in [4.78, 5) is 26.9. The lowest BCUT2D eigenvalue weighted by Gasteiger charge is -2.32. The smallest absolute Gasteiger partial charge is 0.276 e. The molecule has 8 nitrogen and oxygen atoms in total. The number of nitrogens with one attached hydrogen (secondary N) is 1. The zero-order chi connectivity index (χ0) is 19.2. The molecular formula is C19H23N5O3. The van der Waals surface area contributed by atoms with Crippen LogP contribution in [-0.4, -0.2) is 59.7 Å². The average Bonchev–Trinajstić information content (AvgIpc) is 2.69. The highest BCUT2D eigenvalue weighted by atomic mass is 16.5. The number of ether oxygens (including phenoxy) is 1. The summed E-state index contributed by atoms with van der Waals surface area (Å²) < 4.78 is 5.58. The van der Waals surface area contributed by atoms with Gasteiger partial charge in [0.05, 0.1) is 6.10 Å². The number of anilines is 2. The fourth-order valence-electron chi connectivity index (χ4n) is 2.76. The van der Waals surface area contributed by atoms with Gasteiger partial charge in [0.15, 0.2) is 11.5 Å². The molecule has 1 N–H and O–H groups in total. The van der Waals surface area contributed by atoms with Crippen LogP contribution in [-0.2, 0) is 4.79 Å². The molecule has 0 unspecified atom stereocenters. The van der Waals surface area contributed by atoms with Gasteiger partial charge in [-0.3, -0.25) is 9.59 Å². The average molecular weight is 369 g/mol. The summed E-state index contributed by atoms with van der Waals surface area (Å²) >= 11 is 0. The fourth-order valence-corrected chi connectivity index (χ4v) is 2.76. The highest BCUT2D eigenvalue weighted by Gasteiger charge is 2.18. The van der Waals surface area contributed by atoms with Gasteiger partial charge in [-0.2, -0.15) is 0 Å². The van der Waals surface area contributed by atoms with Crippen molar-refractivity contribution in [3.8, 4) is 5.75 Å². The number of rotatable bonds is 6. The lowest BCUT2D eigenvalue weighted by Crippen LogP contribution is -2.46. The van der Waals surface area contributed by atoms with Crippen molar-refractivity contribution in [2.75, 3.05) is 36.4 Å². The fraction of sp³-hybridized carbons (Fsp3) is 0.368. The van der Waals surface area contributed by atoms with E-state index in [1.54, 1.807) is 29.2 Å². The second-order valence-electron chi connectivity index (χ2n) is 6.55. The first-order chi connectivity index (χ1) is 13.0. The molecule has 2 aromatic rings. The molecule has 1 aromatic heterocycles. The quantitative estimate of drug-likeness (QED) is 0.781. The molecule has 2 heterocycles. The molecule has 1 aliphatic rings. The first-order valence-electron chi connectivity index (χ1n) is 8.91. The van der Waals surface area contributed by atoms with Crippen molar-refractivity contribution in [2.24, 2.45) is 0 Å². The first kappa shape index (κ1) is 18.6. The number of nitrogens with zero attached hydrogens (tertiary/aromatic N) is 4. The Morgan fingerprint density at radius 3 is 2.33 bits per heavy atom. The zero-order valence-corrected chi connectivity index (χ0v) is 15.5. The Labute approximate surface area is 158 Å². The molecule has 0 saturated carbocycles. The molecule has 27 heavy (non-hydrogen) atoms. The maximum atomic E-state index is 12.3. The first-order valence-corrected chi connectivity index (χ1v) is 8.91. The van der Waals surface area contributed by atoms with Gasteiger partial charge in [0, 0.05) is 31.9 Å². The number of hydrogen-bond acceptors (Lipinski definition) is 6. The van der Waals surface area contributed by atoms with E-state index >= 15 is 0 Å². The number of amides is 2. The van der Waals surface area contributed by atoms with Gasteiger partial charge in [-0.05, 0) is 50.2 Å². The highest BCUT2D eigenvalue weighted by molar-refractivity contribution is 6.02. The molecule has 3 rings (SSSR count). The molecule has 1 aliphatic heterocycles. The van der Waals surface area contributed by atoms with Crippen LogP contribution >= 0.6 is 0 Å². The second-order valence-corrected chi connectivity index (χ2v) is 6.55. The third-order valence-corrected chi connectivity index (χ3v) is 4.15. The van der Waals surface area contributed by atoms with Crippen LogP contribution in [0.15, 0.2) is 36.4 Å². The molecule has 2 amide bonds. The van der Waals surface area contributed by atoms with Crippen LogP contribution in [0.3, 0.4) is 0 Å². The highest BCUT2D eigenvalue weighted by Crippen LogP contribution is 2.18. The zero-order valence-electron chi connectivity index (χ0n) is 15.5. The van der Waals surface area contributed by atoms with E-state index in [2.05, 4.69) is 15.5 Å². The van der Waals surface area contributed by atoms with Gasteiger partial charge in [0.25, 0.3) is 5.91 Å². The monoisotopic (exact) mass is 369 g/mol. The van der Waals surface area contributed by atoms with Crippen molar-refractivity contribution in [3.63, 3.8) is 0 Å². The normalized spacial score (nSPS) is 14.2. The summed E-state index contributed by atoms with van der Waals surface area (Å²) in [6, 6.07) is 10.6. The maximum Gasteiger partial charge on any atom is 0.276 e. The van der Waals surface area contributed by atoms with Crippen molar-refractivity contribution in [1.82, 2.24) is 15.1 Å². The summed E-state index contributed by atoms with van der Waals surface area (Å²) in [5, 5.41) is 11.0. The standard InChI is InChI=1S/C19H23N5O3/c1-14(2)27-16-5-3-15(4-6-16)20-19(26)17-7-8-18(22-21-17)24-11-9-23(13-25)10-12-24/h3-8,13-14H,9-12H2,1-2H3,(H,20,26). The van der Waals surface area contributed by atoms with Crippen molar-refractivity contribution < 1.29 is 14.3 Å². The van der Waals surface area contributed by atoms with E-state index in [4.69, 9.17) is 4.74 Å². The Morgan fingerprint density at radius 1 is 1.07 bits per heavy atom. The minimum Gasteiger partial charge on any atom is -0.491 e. The Kier molecular flexibility index (Phi) is 5.85. The number of benzene rings is 1. The molecule has 0 spiro atoms. The SMILES string of the molecule is CC(C)Oc1ccc(NC(=O)c2ccc(N3CCN(C=O)CC3)nn2)cc1. The minimum absolute atomic E-state index is 0.0978. The van der Waals surface area contributed by atoms with Crippen LogP contribution in [0.4, 0.5) is 11.5 Å². The summed E-state index contributed by atoms with van der Waals surface area (Å²) in [5.41, 5.74) is 0.903. The molecule has 142 valence electrons. The molecule has 0 radical (unpaired) electrons. The predicted octanol–water partition coefficient (Wildman–Crippen LogP) is 1.79. The summed E-state index contributed by atoms with van der Waals surface area (Å²) in [6.07, 6.45) is 0.957. The van der Waals surface area contributed by atoms with E-state index in [-0.39, 0.29) is 17.7 Å². The van der Waals surface area contributed by atoms with E-state index in [1.165, 1.54) is 0 Å². The second kappa shape index (κ2) is 8.48. The number of carbonyl (C=O) groups excluding carboxylic acids is 2. The molecule has 8 heteroatoms. The maximum absolute atomic E-state index is 12.3. The van der Waals surface area contributed by atoms with Gasteiger partial charge in [0.1, 0.15) is 5.75 Å². The lowest BCUT2D eigenvalue weighted by atomic mass is 10.2. The Balaban J connectivity index is 1.58. The van der Waals surface area contributed by atoms with E-state index in [1.807, 2.05) is 30.9 Å². The predicted molar refractivity (Wildman–Crippen MR) is 102 cm³/mol. The molecular weight excluding hydrogens is 346 g/mol. The minimum atomic E-state index is -0.322. The lowest BCUT2D eigenvalue weighted by molar-refractivity contribution is -0.118. The summed E-state index contributed by atoms with van der Waals surface area (Å²) in [5.74, 6) is 1.13. The van der Waals surface area contributed by atoms with Crippen LogP contribution < -0.4 is 15.0 Å². The molecule has 1 fully saturated rings. The van der Waals surface area contributed by atoms with Crippen LogP contribution in [0, 0.1) is 0 Å². The van der Waals surface area contributed by atoms with E-state index in [0.29, 0.717) is 37.7 Å². The van der Waals surface area contributed by atoms with Gasteiger partial charge < -0.3 is 19.9 Å². The van der Waals surface area contributed by atoms with Crippen molar-refractivity contribution in [1.29, 1.82) is 0 Å². The van der Waals surface area contributed by atoms with Gasteiger partial charge in [-0.15, -0.1) is 10.2 Å². The Morgan fingerprint density at radius 2 is 1.78 bits per heavy atom. The van der Waals surface area contributed by atoms with Crippen molar-refractivity contribution >= 4 is 23.8 Å². The molecule has 1 saturated heterocycles. The van der Waals surface area contributed by atoms with Gasteiger partial charge in [0.2, 0.25) is 6.41 Å². The Bertz CT molecular complexity index is 769. The number of piperazine rings is 1.